The monoisotopic (exact) mass is 129 g/mol. The van der Waals surface area contributed by atoms with Crippen molar-refractivity contribution in [1.29, 1.82) is 0 Å². The van der Waals surface area contributed by atoms with Gasteiger partial charge in [0.05, 0.1) is 0 Å². The Morgan fingerprint density at radius 3 is 2.50 bits per heavy atom. The predicted octanol–water partition coefficient (Wildman–Crippen LogP) is 2.31. The molecule has 0 N–H and O–H groups in total. The summed E-state index contributed by atoms with van der Waals surface area (Å²) in [5.41, 5.74) is 0. The Bertz CT molecular complexity index is 55.4. The maximum atomic E-state index is 4.14. The lowest BCUT2D eigenvalue weighted by Gasteiger charge is -2.02. The zero-order valence-electron chi connectivity index (χ0n) is 5.14. The van der Waals surface area contributed by atoms with Crippen molar-refractivity contribution < 1.29 is 0 Å². The molecule has 1 aliphatic rings. The van der Waals surface area contributed by atoms with E-state index in [9.17, 15) is 0 Å². The minimum atomic E-state index is 0.910. The molecule has 0 aliphatic heterocycles. The summed E-state index contributed by atoms with van der Waals surface area (Å²) in [5, 5.41) is 0. The fourth-order valence-corrected chi connectivity index (χ4v) is 1.64. The molecule has 0 aromatic heterocycles. The third-order valence-electron chi connectivity index (χ3n) is 1.84. The van der Waals surface area contributed by atoms with E-state index < -0.39 is 0 Å². The summed E-state index contributed by atoms with van der Waals surface area (Å²) in [4.78, 5) is 0. The molecule has 0 aromatic rings. The summed E-state index contributed by atoms with van der Waals surface area (Å²) in [6, 6.07) is 0. The zero-order valence-corrected chi connectivity index (χ0v) is 6.03. The van der Waals surface area contributed by atoms with Crippen LogP contribution in [-0.4, -0.2) is 5.75 Å². The summed E-state index contributed by atoms with van der Waals surface area (Å²) in [6.07, 6.45) is 8.04. The lowest BCUT2D eigenvalue weighted by atomic mass is 10.1. The van der Waals surface area contributed by atoms with E-state index in [0.29, 0.717) is 0 Å². The molecule has 0 heterocycles. The van der Waals surface area contributed by atoms with Crippen LogP contribution >= 0.6 is 12.6 Å². The fourth-order valence-electron chi connectivity index (χ4n) is 1.34. The van der Waals surface area contributed by atoms with Crippen LogP contribution in [0, 0.1) is 12.3 Å². The molecule has 1 aliphatic carbocycles. The second-order valence-corrected chi connectivity index (χ2v) is 2.83. The number of thiol groups is 1. The lowest BCUT2D eigenvalue weighted by Crippen LogP contribution is -1.93. The van der Waals surface area contributed by atoms with Gasteiger partial charge in [-0.3, -0.25) is 0 Å². The molecule has 1 rings (SSSR count). The van der Waals surface area contributed by atoms with Crippen molar-refractivity contribution in [3.05, 3.63) is 6.42 Å². The Balaban J connectivity index is 2.06. The van der Waals surface area contributed by atoms with Crippen LogP contribution in [0.2, 0.25) is 0 Å². The molecule has 0 unspecified atom stereocenters. The van der Waals surface area contributed by atoms with Gasteiger partial charge >= 0.3 is 0 Å². The summed E-state index contributed by atoms with van der Waals surface area (Å²) in [7, 11) is 0. The van der Waals surface area contributed by atoms with Crippen LogP contribution in [0.25, 0.3) is 0 Å². The molecule has 0 saturated heterocycles. The van der Waals surface area contributed by atoms with Crippen LogP contribution in [0.1, 0.15) is 25.7 Å². The molecule has 0 aromatic carbocycles. The average Bonchev–Trinajstić information content (AvgIpc) is 2.19. The van der Waals surface area contributed by atoms with Gasteiger partial charge in [0.25, 0.3) is 0 Å². The summed E-state index contributed by atoms with van der Waals surface area (Å²) < 4.78 is 0. The highest BCUT2D eigenvalue weighted by atomic mass is 32.1. The topological polar surface area (TPSA) is 0 Å². The second kappa shape index (κ2) is 3.39. The third-order valence-corrected chi connectivity index (χ3v) is 2.05. The van der Waals surface area contributed by atoms with Gasteiger partial charge in [-0.15, -0.1) is 0 Å². The average molecular weight is 129 g/mol. The minimum Gasteiger partial charge on any atom is -0.179 e. The smallest absolute Gasteiger partial charge is 0.00638 e. The first-order valence-corrected chi connectivity index (χ1v) is 4.01. The molecule has 0 atom stereocenters. The molecule has 1 heteroatoms. The van der Waals surface area contributed by atoms with Gasteiger partial charge in [0.15, 0.2) is 0 Å². The van der Waals surface area contributed by atoms with Crippen molar-refractivity contribution in [2.75, 3.05) is 5.75 Å². The van der Waals surface area contributed by atoms with E-state index >= 15 is 0 Å². The molecule has 1 saturated carbocycles. The van der Waals surface area contributed by atoms with Crippen LogP contribution < -0.4 is 0 Å². The normalized spacial score (nSPS) is 22.1. The summed E-state index contributed by atoms with van der Waals surface area (Å²) >= 11 is 4.14. The molecule has 47 valence electrons. The van der Waals surface area contributed by atoms with Gasteiger partial charge in [-0.1, -0.05) is 25.7 Å². The number of rotatable bonds is 2. The van der Waals surface area contributed by atoms with E-state index in [0.717, 1.165) is 11.7 Å². The van der Waals surface area contributed by atoms with Crippen molar-refractivity contribution in [2.45, 2.75) is 25.7 Å². The first-order valence-electron chi connectivity index (χ1n) is 3.37. The van der Waals surface area contributed by atoms with E-state index in [1.807, 2.05) is 0 Å². The highest BCUT2D eigenvalue weighted by Gasteiger charge is 2.12. The molecular formula is C7H13S. The van der Waals surface area contributed by atoms with Gasteiger partial charge in [-0.25, -0.2) is 0 Å². The SMILES string of the molecule is SC[CH]C1CCCC1. The van der Waals surface area contributed by atoms with Crippen LogP contribution in [0.3, 0.4) is 0 Å². The largest absolute Gasteiger partial charge is 0.179 e. The first-order chi connectivity index (χ1) is 3.93. The molecule has 8 heavy (non-hydrogen) atoms. The van der Waals surface area contributed by atoms with Crippen LogP contribution in [0.4, 0.5) is 0 Å². The highest BCUT2D eigenvalue weighted by molar-refractivity contribution is 7.80. The van der Waals surface area contributed by atoms with Crippen molar-refractivity contribution >= 4 is 12.6 Å². The fraction of sp³-hybridized carbons (Fsp3) is 0.857. The standard InChI is InChI=1S/C7H13S/c8-6-5-7-3-1-2-4-7/h5,7-8H,1-4,6H2. The maximum Gasteiger partial charge on any atom is -0.00638 e. The van der Waals surface area contributed by atoms with Crippen molar-refractivity contribution in [3.63, 3.8) is 0 Å². The minimum absolute atomic E-state index is 0.910. The Kier molecular flexibility index (Phi) is 2.74. The Morgan fingerprint density at radius 2 is 2.00 bits per heavy atom. The summed E-state index contributed by atoms with van der Waals surface area (Å²) in [6.45, 7) is 0. The zero-order chi connectivity index (χ0) is 5.82. The number of hydrogen-bond donors (Lipinski definition) is 1. The highest BCUT2D eigenvalue weighted by Crippen LogP contribution is 2.26. The van der Waals surface area contributed by atoms with E-state index in [4.69, 9.17) is 0 Å². The van der Waals surface area contributed by atoms with E-state index in [1.54, 1.807) is 0 Å². The molecule has 1 radical (unpaired) electrons. The molecule has 0 spiro atoms. The third kappa shape index (κ3) is 1.70. The van der Waals surface area contributed by atoms with E-state index in [1.165, 1.54) is 25.7 Å². The van der Waals surface area contributed by atoms with Gasteiger partial charge in [0.2, 0.25) is 0 Å². The van der Waals surface area contributed by atoms with Crippen LogP contribution in [-0.2, 0) is 0 Å². The Labute approximate surface area is 57.1 Å². The van der Waals surface area contributed by atoms with E-state index in [2.05, 4.69) is 19.0 Å². The van der Waals surface area contributed by atoms with Crippen molar-refractivity contribution in [2.24, 2.45) is 5.92 Å². The number of hydrogen-bond acceptors (Lipinski definition) is 1. The van der Waals surface area contributed by atoms with Gasteiger partial charge < -0.3 is 0 Å². The molecule has 0 nitrogen and oxygen atoms in total. The van der Waals surface area contributed by atoms with Crippen molar-refractivity contribution in [3.8, 4) is 0 Å². The molecule has 0 bridgehead atoms. The van der Waals surface area contributed by atoms with Gasteiger partial charge in [-0.05, 0) is 18.1 Å². The van der Waals surface area contributed by atoms with Crippen molar-refractivity contribution in [1.82, 2.24) is 0 Å². The Hall–Kier alpha value is 0.350. The van der Waals surface area contributed by atoms with E-state index in [-0.39, 0.29) is 0 Å². The quantitative estimate of drug-likeness (QED) is 0.543. The van der Waals surface area contributed by atoms with Gasteiger partial charge in [0.1, 0.15) is 0 Å². The van der Waals surface area contributed by atoms with Gasteiger partial charge in [0, 0.05) is 0 Å². The van der Waals surface area contributed by atoms with Crippen LogP contribution in [0.5, 0.6) is 0 Å². The summed E-state index contributed by atoms with van der Waals surface area (Å²) in [5.74, 6) is 1.87. The lowest BCUT2D eigenvalue weighted by molar-refractivity contribution is 0.638. The molecule has 0 amide bonds. The first kappa shape index (κ1) is 6.47. The second-order valence-electron chi connectivity index (χ2n) is 2.46. The molecule has 1 fully saturated rings. The van der Waals surface area contributed by atoms with Gasteiger partial charge in [-0.2, -0.15) is 12.6 Å². The predicted molar refractivity (Wildman–Crippen MR) is 40.1 cm³/mol. The Morgan fingerprint density at radius 1 is 1.38 bits per heavy atom. The molecular weight excluding hydrogens is 116 g/mol. The maximum absolute atomic E-state index is 4.14. The van der Waals surface area contributed by atoms with Crippen LogP contribution in [0.15, 0.2) is 0 Å².